The van der Waals surface area contributed by atoms with Crippen LogP contribution in [0, 0.1) is 0 Å². The fourth-order valence-corrected chi connectivity index (χ4v) is 5.74. The first-order chi connectivity index (χ1) is 13.0. The van der Waals surface area contributed by atoms with E-state index in [1.807, 2.05) is 30.3 Å². The fraction of sp³-hybridized carbons (Fsp3) is 0.250. The highest BCUT2D eigenvalue weighted by Gasteiger charge is 2.34. The van der Waals surface area contributed by atoms with Crippen LogP contribution in [0.25, 0.3) is 10.9 Å². The Morgan fingerprint density at radius 2 is 1.81 bits per heavy atom. The summed E-state index contributed by atoms with van der Waals surface area (Å²) in [6.07, 6.45) is 0.331. The molecule has 1 aliphatic rings. The van der Waals surface area contributed by atoms with Crippen molar-refractivity contribution < 1.29 is 13.2 Å². The molecule has 0 aliphatic carbocycles. The Hall–Kier alpha value is -2.31. The number of carbonyl (C=O) groups excluding carboxylic acids is 1. The second kappa shape index (κ2) is 7.02. The lowest BCUT2D eigenvalue weighted by molar-refractivity contribution is 0.0761. The van der Waals surface area contributed by atoms with Gasteiger partial charge in [0.05, 0.1) is 11.0 Å². The van der Waals surface area contributed by atoms with Crippen LogP contribution in [0.15, 0.2) is 54.6 Å². The Bertz CT molecular complexity index is 1070. The highest BCUT2D eigenvalue weighted by Crippen LogP contribution is 2.34. The van der Waals surface area contributed by atoms with Gasteiger partial charge in [-0.05, 0) is 30.2 Å². The van der Waals surface area contributed by atoms with Gasteiger partial charge in [-0.25, -0.2) is 8.42 Å². The number of aromatic amines is 1. The second-order valence-electron chi connectivity index (χ2n) is 6.73. The number of carbonyl (C=O) groups is 1. The summed E-state index contributed by atoms with van der Waals surface area (Å²) in [6, 6.07) is 16.5. The number of fused-ring (bicyclic) bond motifs is 1. The number of aromatic nitrogens is 1. The Balaban J connectivity index is 1.60. The Kier molecular flexibility index (Phi) is 4.70. The first kappa shape index (κ1) is 18.1. The number of para-hydroxylation sites is 1. The Morgan fingerprint density at radius 1 is 1.07 bits per heavy atom. The third-order valence-electron chi connectivity index (χ3n) is 5.04. The van der Waals surface area contributed by atoms with Crippen molar-refractivity contribution >= 4 is 38.2 Å². The standard InChI is InChI=1S/C20H19ClN2O3S/c21-16-7-3-2-6-15(16)19-9-10-23(11-12-27(19,25)26)20(24)18-13-14-5-1-4-8-17(14)22-18/h1-8,13,19,22H,9-12H2. The monoisotopic (exact) mass is 402 g/mol. The topological polar surface area (TPSA) is 70.2 Å². The van der Waals surface area contributed by atoms with Crippen LogP contribution in [0.4, 0.5) is 0 Å². The molecule has 1 fully saturated rings. The lowest BCUT2D eigenvalue weighted by Crippen LogP contribution is -2.33. The van der Waals surface area contributed by atoms with Gasteiger partial charge in [-0.2, -0.15) is 0 Å². The van der Waals surface area contributed by atoms with Crippen molar-refractivity contribution in [3.05, 3.63) is 70.9 Å². The van der Waals surface area contributed by atoms with E-state index in [2.05, 4.69) is 4.98 Å². The second-order valence-corrected chi connectivity index (χ2v) is 9.44. The third-order valence-corrected chi connectivity index (χ3v) is 7.49. The number of hydrogen-bond donors (Lipinski definition) is 1. The van der Waals surface area contributed by atoms with Crippen molar-refractivity contribution in [3.63, 3.8) is 0 Å². The number of halogens is 1. The van der Waals surface area contributed by atoms with E-state index in [0.29, 0.717) is 29.2 Å². The number of sulfone groups is 1. The first-order valence-electron chi connectivity index (χ1n) is 8.79. The summed E-state index contributed by atoms with van der Waals surface area (Å²) in [5, 5.41) is 0.713. The number of amides is 1. The lowest BCUT2D eigenvalue weighted by Gasteiger charge is -2.19. The maximum Gasteiger partial charge on any atom is 0.270 e. The maximum atomic E-state index is 12.9. The van der Waals surface area contributed by atoms with E-state index in [-0.39, 0.29) is 18.2 Å². The van der Waals surface area contributed by atoms with E-state index in [0.717, 1.165) is 10.9 Å². The molecule has 27 heavy (non-hydrogen) atoms. The van der Waals surface area contributed by atoms with Gasteiger partial charge < -0.3 is 9.88 Å². The number of benzene rings is 2. The SMILES string of the molecule is O=C(c1cc2ccccc2[nH]1)N1CCC(c2ccccc2Cl)S(=O)(=O)CC1. The van der Waals surface area contributed by atoms with E-state index >= 15 is 0 Å². The van der Waals surface area contributed by atoms with Gasteiger partial charge in [0.2, 0.25) is 0 Å². The predicted molar refractivity (Wildman–Crippen MR) is 107 cm³/mol. The molecule has 5 nitrogen and oxygen atoms in total. The van der Waals surface area contributed by atoms with Crippen LogP contribution in [0.2, 0.25) is 5.02 Å². The zero-order chi connectivity index (χ0) is 19.0. The molecule has 4 rings (SSSR count). The van der Waals surface area contributed by atoms with Crippen molar-refractivity contribution in [2.45, 2.75) is 11.7 Å². The molecule has 1 saturated heterocycles. The van der Waals surface area contributed by atoms with Gasteiger partial charge in [0.15, 0.2) is 9.84 Å². The highest BCUT2D eigenvalue weighted by molar-refractivity contribution is 7.91. The van der Waals surface area contributed by atoms with Gasteiger partial charge in [-0.3, -0.25) is 4.79 Å². The van der Waals surface area contributed by atoms with Gasteiger partial charge in [0.1, 0.15) is 5.69 Å². The maximum absolute atomic E-state index is 12.9. The molecule has 2 heterocycles. The molecule has 0 bridgehead atoms. The number of nitrogens with one attached hydrogen (secondary N) is 1. The van der Waals surface area contributed by atoms with Crippen LogP contribution in [0.3, 0.4) is 0 Å². The average molecular weight is 403 g/mol. The van der Waals surface area contributed by atoms with Crippen LogP contribution in [0.1, 0.15) is 27.7 Å². The number of H-pyrrole nitrogens is 1. The zero-order valence-electron chi connectivity index (χ0n) is 14.6. The smallest absolute Gasteiger partial charge is 0.270 e. The molecule has 0 radical (unpaired) electrons. The molecule has 0 saturated carbocycles. The van der Waals surface area contributed by atoms with E-state index in [1.165, 1.54) is 0 Å². The van der Waals surface area contributed by atoms with E-state index in [4.69, 9.17) is 11.6 Å². The summed E-state index contributed by atoms with van der Waals surface area (Å²) >= 11 is 6.23. The first-order valence-corrected chi connectivity index (χ1v) is 10.9. The van der Waals surface area contributed by atoms with Crippen LogP contribution in [0.5, 0.6) is 0 Å². The third kappa shape index (κ3) is 3.47. The molecular formula is C20H19ClN2O3S. The van der Waals surface area contributed by atoms with Crippen LogP contribution < -0.4 is 0 Å². The molecule has 7 heteroatoms. The summed E-state index contributed by atoms with van der Waals surface area (Å²) < 4.78 is 25.6. The predicted octanol–water partition coefficient (Wildman–Crippen LogP) is 3.82. The normalized spacial score (nSPS) is 19.7. The summed E-state index contributed by atoms with van der Waals surface area (Å²) in [6.45, 7) is 0.542. The quantitative estimate of drug-likeness (QED) is 0.708. The van der Waals surface area contributed by atoms with Crippen LogP contribution >= 0.6 is 11.6 Å². The summed E-state index contributed by atoms with van der Waals surface area (Å²) in [5.74, 6) is -0.254. The van der Waals surface area contributed by atoms with Crippen molar-refractivity contribution in [3.8, 4) is 0 Å². The van der Waals surface area contributed by atoms with Crippen LogP contribution in [-0.4, -0.2) is 43.1 Å². The van der Waals surface area contributed by atoms with Crippen molar-refractivity contribution in [1.29, 1.82) is 0 Å². The fourth-order valence-electron chi connectivity index (χ4n) is 3.59. The molecule has 3 aromatic rings. The van der Waals surface area contributed by atoms with E-state index < -0.39 is 15.1 Å². The molecule has 1 amide bonds. The minimum atomic E-state index is -3.40. The number of nitrogens with zero attached hydrogens (tertiary/aromatic N) is 1. The Labute approximate surface area is 162 Å². The summed E-state index contributed by atoms with van der Waals surface area (Å²) in [5.41, 5.74) is 1.97. The van der Waals surface area contributed by atoms with Crippen molar-refractivity contribution in [2.75, 3.05) is 18.8 Å². The van der Waals surface area contributed by atoms with Gasteiger partial charge in [-0.15, -0.1) is 0 Å². The van der Waals surface area contributed by atoms with E-state index in [1.54, 1.807) is 29.2 Å². The Morgan fingerprint density at radius 3 is 2.59 bits per heavy atom. The molecule has 1 aromatic heterocycles. The molecule has 1 aliphatic heterocycles. The van der Waals surface area contributed by atoms with Gasteiger partial charge >= 0.3 is 0 Å². The van der Waals surface area contributed by atoms with E-state index in [9.17, 15) is 13.2 Å². The largest absolute Gasteiger partial charge is 0.351 e. The number of rotatable bonds is 2. The molecule has 140 valence electrons. The highest BCUT2D eigenvalue weighted by atomic mass is 35.5. The molecule has 1 atom stereocenters. The van der Waals surface area contributed by atoms with Gasteiger partial charge in [0, 0.05) is 29.0 Å². The summed E-state index contributed by atoms with van der Waals surface area (Å²) in [4.78, 5) is 17.7. The molecule has 2 aromatic carbocycles. The summed E-state index contributed by atoms with van der Waals surface area (Å²) in [7, 11) is -3.40. The molecular weight excluding hydrogens is 384 g/mol. The van der Waals surface area contributed by atoms with Crippen LogP contribution in [-0.2, 0) is 9.84 Å². The lowest BCUT2D eigenvalue weighted by atomic mass is 10.1. The molecule has 1 N–H and O–H groups in total. The minimum Gasteiger partial charge on any atom is -0.351 e. The number of hydrogen-bond acceptors (Lipinski definition) is 3. The zero-order valence-corrected chi connectivity index (χ0v) is 16.1. The average Bonchev–Trinajstić information content (AvgIpc) is 3.02. The minimum absolute atomic E-state index is 0.0745. The van der Waals surface area contributed by atoms with Crippen molar-refractivity contribution in [1.82, 2.24) is 9.88 Å². The van der Waals surface area contributed by atoms with Gasteiger partial charge in [0.25, 0.3) is 5.91 Å². The molecule has 0 spiro atoms. The van der Waals surface area contributed by atoms with Crippen molar-refractivity contribution in [2.24, 2.45) is 0 Å². The van der Waals surface area contributed by atoms with Gasteiger partial charge in [-0.1, -0.05) is 48.0 Å². The molecule has 1 unspecified atom stereocenters.